The highest BCUT2D eigenvalue weighted by Crippen LogP contribution is 2.41. The molecule has 1 N–H and O–H groups in total. The molecule has 0 fully saturated rings. The normalized spacial score (nSPS) is 14.8. The standard InChI is InChI=1S/C17H22N2OS2/c1-3-5-9-19-10-8-18-17(20)16-15(19)13-11-12(21-4-2)6-7-14(13)22-16/h6-7,11H,3-5,8-10H2,1-2H3,(H,18,20). The summed E-state index contributed by atoms with van der Waals surface area (Å²) >= 11 is 3.48. The Kier molecular flexibility index (Phi) is 4.93. The molecule has 0 bridgehead atoms. The van der Waals surface area contributed by atoms with Crippen molar-refractivity contribution in [2.45, 2.75) is 31.6 Å². The summed E-state index contributed by atoms with van der Waals surface area (Å²) in [5.41, 5.74) is 1.15. The maximum absolute atomic E-state index is 12.4. The van der Waals surface area contributed by atoms with Crippen LogP contribution in [0, 0.1) is 0 Å². The van der Waals surface area contributed by atoms with Crippen LogP contribution < -0.4 is 10.2 Å². The lowest BCUT2D eigenvalue weighted by Crippen LogP contribution is -2.30. The summed E-state index contributed by atoms with van der Waals surface area (Å²) in [5.74, 6) is 1.15. The fourth-order valence-electron chi connectivity index (χ4n) is 2.86. The van der Waals surface area contributed by atoms with Gasteiger partial charge in [0.1, 0.15) is 4.88 Å². The third kappa shape index (κ3) is 2.97. The molecule has 0 spiro atoms. The predicted molar refractivity (Wildman–Crippen MR) is 97.7 cm³/mol. The molecule has 2 aromatic rings. The molecule has 1 aliphatic heterocycles. The van der Waals surface area contributed by atoms with Crippen molar-refractivity contribution < 1.29 is 4.79 Å². The van der Waals surface area contributed by atoms with Crippen molar-refractivity contribution in [3.05, 3.63) is 23.1 Å². The molecular formula is C17H22N2OS2. The number of rotatable bonds is 5. The van der Waals surface area contributed by atoms with Crippen LogP contribution in [-0.2, 0) is 0 Å². The van der Waals surface area contributed by atoms with Crippen molar-refractivity contribution in [1.82, 2.24) is 5.32 Å². The zero-order valence-corrected chi connectivity index (χ0v) is 14.8. The Morgan fingerprint density at radius 1 is 1.36 bits per heavy atom. The van der Waals surface area contributed by atoms with E-state index in [4.69, 9.17) is 0 Å². The summed E-state index contributed by atoms with van der Waals surface area (Å²) in [5, 5.41) is 4.27. The lowest BCUT2D eigenvalue weighted by molar-refractivity contribution is 0.0962. The minimum absolute atomic E-state index is 0.0832. The average molecular weight is 335 g/mol. The van der Waals surface area contributed by atoms with Gasteiger partial charge in [-0.25, -0.2) is 0 Å². The average Bonchev–Trinajstić information content (AvgIpc) is 2.82. The Morgan fingerprint density at radius 3 is 3.00 bits per heavy atom. The molecule has 0 saturated heterocycles. The van der Waals surface area contributed by atoms with E-state index in [1.54, 1.807) is 11.3 Å². The second kappa shape index (κ2) is 6.92. The van der Waals surface area contributed by atoms with Crippen LogP contribution in [0.5, 0.6) is 0 Å². The van der Waals surface area contributed by atoms with E-state index in [-0.39, 0.29) is 5.91 Å². The first-order chi connectivity index (χ1) is 10.7. The molecule has 118 valence electrons. The van der Waals surface area contributed by atoms with E-state index >= 15 is 0 Å². The molecule has 1 aliphatic rings. The van der Waals surface area contributed by atoms with Crippen LogP contribution >= 0.6 is 23.1 Å². The number of carbonyl (C=O) groups is 1. The number of amides is 1. The predicted octanol–water partition coefficient (Wildman–Crippen LogP) is 4.36. The third-order valence-corrected chi connectivity index (χ3v) is 5.95. The Hall–Kier alpha value is -1.20. The van der Waals surface area contributed by atoms with E-state index in [1.165, 1.54) is 21.4 Å². The zero-order chi connectivity index (χ0) is 15.5. The summed E-state index contributed by atoms with van der Waals surface area (Å²) in [7, 11) is 0. The largest absolute Gasteiger partial charge is 0.368 e. The highest BCUT2D eigenvalue weighted by molar-refractivity contribution is 7.99. The molecule has 0 radical (unpaired) electrons. The fourth-order valence-corrected chi connectivity index (χ4v) is 4.68. The quantitative estimate of drug-likeness (QED) is 0.825. The molecule has 1 aromatic heterocycles. The maximum atomic E-state index is 12.4. The minimum Gasteiger partial charge on any atom is -0.368 e. The van der Waals surface area contributed by atoms with Crippen molar-refractivity contribution >= 4 is 44.8 Å². The zero-order valence-electron chi connectivity index (χ0n) is 13.1. The van der Waals surface area contributed by atoms with Gasteiger partial charge in [-0.15, -0.1) is 23.1 Å². The number of thioether (sulfide) groups is 1. The molecule has 0 unspecified atom stereocenters. The van der Waals surface area contributed by atoms with Crippen molar-refractivity contribution in [2.75, 3.05) is 30.3 Å². The van der Waals surface area contributed by atoms with Gasteiger partial charge in [0.2, 0.25) is 0 Å². The number of thiophene rings is 1. The lowest BCUT2D eigenvalue weighted by Gasteiger charge is -2.23. The first-order valence-electron chi connectivity index (χ1n) is 7.97. The van der Waals surface area contributed by atoms with Crippen molar-refractivity contribution in [2.24, 2.45) is 0 Å². The van der Waals surface area contributed by atoms with Crippen LogP contribution in [0.15, 0.2) is 23.1 Å². The second-order valence-corrected chi connectivity index (χ2v) is 7.86. The van der Waals surface area contributed by atoms with E-state index in [0.29, 0.717) is 0 Å². The number of hydrogen-bond acceptors (Lipinski definition) is 4. The first kappa shape index (κ1) is 15.7. The van der Waals surface area contributed by atoms with Gasteiger partial charge in [-0.05, 0) is 30.4 Å². The van der Waals surface area contributed by atoms with Gasteiger partial charge < -0.3 is 10.2 Å². The Balaban J connectivity index is 2.11. The van der Waals surface area contributed by atoms with Gasteiger partial charge >= 0.3 is 0 Å². The van der Waals surface area contributed by atoms with Gasteiger partial charge in [0, 0.05) is 34.6 Å². The summed E-state index contributed by atoms with van der Waals surface area (Å²) in [4.78, 5) is 16.9. The van der Waals surface area contributed by atoms with E-state index < -0.39 is 0 Å². The number of nitrogens with zero attached hydrogens (tertiary/aromatic N) is 1. The number of anilines is 1. The van der Waals surface area contributed by atoms with Crippen molar-refractivity contribution in [3.63, 3.8) is 0 Å². The van der Waals surface area contributed by atoms with Crippen LogP contribution in [0.4, 0.5) is 5.69 Å². The van der Waals surface area contributed by atoms with Gasteiger partial charge in [-0.1, -0.05) is 20.3 Å². The lowest BCUT2D eigenvalue weighted by atomic mass is 10.2. The molecule has 0 aliphatic carbocycles. The summed E-state index contributed by atoms with van der Waals surface area (Å²) < 4.78 is 1.21. The molecule has 0 atom stereocenters. The Labute approximate surface area is 140 Å². The minimum atomic E-state index is 0.0832. The molecule has 1 amide bonds. The third-order valence-electron chi connectivity index (χ3n) is 3.92. The van der Waals surface area contributed by atoms with Gasteiger partial charge in [0.05, 0.1) is 5.69 Å². The van der Waals surface area contributed by atoms with E-state index in [9.17, 15) is 4.79 Å². The highest BCUT2D eigenvalue weighted by atomic mass is 32.2. The van der Waals surface area contributed by atoms with Crippen LogP contribution in [0.25, 0.3) is 10.1 Å². The van der Waals surface area contributed by atoms with Crippen molar-refractivity contribution in [3.8, 4) is 0 Å². The van der Waals surface area contributed by atoms with Crippen LogP contribution in [0.1, 0.15) is 36.4 Å². The summed E-state index contributed by atoms with van der Waals surface area (Å²) in [6, 6.07) is 6.59. The van der Waals surface area contributed by atoms with Crippen LogP contribution in [0.3, 0.4) is 0 Å². The molecule has 5 heteroatoms. The number of nitrogens with one attached hydrogen (secondary N) is 1. The molecular weight excluding hydrogens is 312 g/mol. The summed E-state index contributed by atoms with van der Waals surface area (Å²) in [6.45, 7) is 7.04. The topological polar surface area (TPSA) is 32.3 Å². The summed E-state index contributed by atoms with van der Waals surface area (Å²) in [6.07, 6.45) is 2.33. The molecule has 0 saturated carbocycles. The monoisotopic (exact) mass is 334 g/mol. The van der Waals surface area contributed by atoms with Crippen molar-refractivity contribution in [1.29, 1.82) is 0 Å². The van der Waals surface area contributed by atoms with Gasteiger partial charge in [0.15, 0.2) is 0 Å². The highest BCUT2D eigenvalue weighted by Gasteiger charge is 2.25. The van der Waals surface area contributed by atoms with Crippen LogP contribution in [0.2, 0.25) is 0 Å². The van der Waals surface area contributed by atoms with E-state index in [0.717, 1.165) is 42.4 Å². The van der Waals surface area contributed by atoms with E-state index in [1.807, 2.05) is 11.8 Å². The Morgan fingerprint density at radius 2 is 2.23 bits per heavy atom. The second-order valence-electron chi connectivity index (χ2n) is 5.47. The van der Waals surface area contributed by atoms with E-state index in [2.05, 4.69) is 42.3 Å². The smallest absolute Gasteiger partial charge is 0.263 e. The molecule has 3 nitrogen and oxygen atoms in total. The molecule has 2 heterocycles. The molecule has 3 rings (SSSR count). The number of benzene rings is 1. The van der Waals surface area contributed by atoms with Gasteiger partial charge in [-0.3, -0.25) is 4.79 Å². The van der Waals surface area contributed by atoms with Crippen LogP contribution in [-0.4, -0.2) is 31.3 Å². The number of hydrogen-bond donors (Lipinski definition) is 1. The first-order valence-corrected chi connectivity index (χ1v) is 9.77. The number of fused-ring (bicyclic) bond motifs is 3. The fraction of sp³-hybridized carbons (Fsp3) is 0.471. The van der Waals surface area contributed by atoms with Gasteiger partial charge in [0.25, 0.3) is 5.91 Å². The number of unbranched alkanes of at least 4 members (excludes halogenated alkanes) is 1. The van der Waals surface area contributed by atoms with Gasteiger partial charge in [-0.2, -0.15) is 0 Å². The molecule has 22 heavy (non-hydrogen) atoms. The Bertz CT molecular complexity index is 681. The maximum Gasteiger partial charge on any atom is 0.263 e. The SMILES string of the molecule is CCCCN1CCNC(=O)c2sc3ccc(SCC)cc3c21. The molecule has 1 aromatic carbocycles. The number of carbonyl (C=O) groups excluding carboxylic acids is 1.